The van der Waals surface area contributed by atoms with Crippen molar-refractivity contribution in [3.8, 4) is 0 Å². The molecule has 1 aromatic heterocycles. The van der Waals surface area contributed by atoms with E-state index in [0.717, 1.165) is 31.1 Å². The van der Waals surface area contributed by atoms with Gasteiger partial charge >= 0.3 is 0 Å². The summed E-state index contributed by atoms with van der Waals surface area (Å²) in [5.74, 6) is 0.0799. The van der Waals surface area contributed by atoms with E-state index in [-0.39, 0.29) is 5.91 Å². The van der Waals surface area contributed by atoms with Crippen molar-refractivity contribution >= 4 is 37.8 Å². The quantitative estimate of drug-likeness (QED) is 0.744. The molecule has 0 aliphatic heterocycles. The smallest absolute Gasteiger partial charge is 0.258 e. The van der Waals surface area contributed by atoms with Gasteiger partial charge in [0.2, 0.25) is 0 Å². The van der Waals surface area contributed by atoms with Crippen LogP contribution >= 0.6 is 31.9 Å². The molecule has 0 bridgehead atoms. The highest BCUT2D eigenvalue weighted by molar-refractivity contribution is 9.10. The fourth-order valence-corrected chi connectivity index (χ4v) is 2.64. The van der Waals surface area contributed by atoms with Crippen LogP contribution in [0.1, 0.15) is 36.0 Å². The lowest BCUT2D eigenvalue weighted by Crippen LogP contribution is -2.44. The van der Waals surface area contributed by atoms with Crippen molar-refractivity contribution in [2.45, 2.75) is 31.7 Å². The van der Waals surface area contributed by atoms with Gasteiger partial charge in [-0.3, -0.25) is 4.79 Å². The highest BCUT2D eigenvalue weighted by Crippen LogP contribution is 2.28. The van der Waals surface area contributed by atoms with Crippen molar-refractivity contribution < 1.29 is 9.21 Å². The molecule has 0 spiro atoms. The van der Waals surface area contributed by atoms with Gasteiger partial charge in [-0.15, -0.1) is 0 Å². The summed E-state index contributed by atoms with van der Waals surface area (Å²) >= 11 is 6.68. The van der Waals surface area contributed by atoms with Crippen molar-refractivity contribution in [3.05, 3.63) is 22.6 Å². The Morgan fingerprint density at radius 1 is 1.53 bits per heavy atom. The molecule has 0 unspecified atom stereocenters. The summed E-state index contributed by atoms with van der Waals surface area (Å²) in [6.07, 6.45) is 6.01. The summed E-state index contributed by atoms with van der Waals surface area (Å²) in [5.41, 5.74) is 0.631. The summed E-state index contributed by atoms with van der Waals surface area (Å²) in [7, 11) is 0. The average Bonchev–Trinajstić information content (AvgIpc) is 2.67. The monoisotopic (exact) mass is 363 g/mol. The van der Waals surface area contributed by atoms with E-state index in [0.29, 0.717) is 16.3 Å². The van der Waals surface area contributed by atoms with E-state index < -0.39 is 0 Å². The number of amides is 1. The van der Waals surface area contributed by atoms with Gasteiger partial charge in [-0.25, -0.2) is 0 Å². The molecule has 1 saturated carbocycles. The number of furan rings is 1. The minimum absolute atomic E-state index is 0.0799. The third kappa shape index (κ3) is 2.94. The second-order valence-corrected chi connectivity index (χ2v) is 5.75. The van der Waals surface area contributed by atoms with Crippen LogP contribution in [0.25, 0.3) is 0 Å². The highest BCUT2D eigenvalue weighted by atomic mass is 79.9. The lowest BCUT2D eigenvalue weighted by Gasteiger charge is -2.37. The average molecular weight is 365 g/mol. The summed E-state index contributed by atoms with van der Waals surface area (Å²) in [5, 5.41) is 0.927. The summed E-state index contributed by atoms with van der Waals surface area (Å²) < 4.78 is 5.66. The van der Waals surface area contributed by atoms with Gasteiger partial charge in [-0.05, 0) is 47.7 Å². The molecule has 3 nitrogen and oxygen atoms in total. The van der Waals surface area contributed by atoms with Gasteiger partial charge in [0.25, 0.3) is 5.91 Å². The van der Waals surface area contributed by atoms with Gasteiger partial charge in [0.15, 0.2) is 4.67 Å². The van der Waals surface area contributed by atoms with Crippen LogP contribution in [0.3, 0.4) is 0 Å². The van der Waals surface area contributed by atoms with E-state index in [1.807, 2.05) is 4.90 Å². The molecule has 0 N–H and O–H groups in total. The summed E-state index contributed by atoms with van der Waals surface area (Å²) in [6.45, 7) is 0.812. The van der Waals surface area contributed by atoms with E-state index in [1.54, 1.807) is 12.3 Å². The number of halogens is 2. The molecule has 1 amide bonds. The SMILES string of the molecule is O=C(c1ccoc1Br)N(CCCBr)C1CCC1. The molecular formula is C12H15Br2NO2. The summed E-state index contributed by atoms with van der Waals surface area (Å²) in [4.78, 5) is 14.4. The topological polar surface area (TPSA) is 33.5 Å². The Kier molecular flexibility index (Phi) is 4.68. The molecule has 0 radical (unpaired) electrons. The molecule has 1 fully saturated rings. The van der Waals surface area contributed by atoms with Crippen molar-refractivity contribution in [1.82, 2.24) is 4.90 Å². The van der Waals surface area contributed by atoms with Gasteiger partial charge in [0, 0.05) is 17.9 Å². The lowest BCUT2D eigenvalue weighted by molar-refractivity contribution is 0.0579. The number of carbonyl (C=O) groups is 1. The number of alkyl halides is 1. The number of carbonyl (C=O) groups excluding carboxylic acids is 1. The first-order valence-corrected chi connectivity index (χ1v) is 7.75. The van der Waals surface area contributed by atoms with Gasteiger partial charge < -0.3 is 9.32 Å². The second kappa shape index (κ2) is 6.05. The van der Waals surface area contributed by atoms with Crippen LogP contribution in [-0.2, 0) is 0 Å². The van der Waals surface area contributed by atoms with Crippen molar-refractivity contribution in [2.75, 3.05) is 11.9 Å². The summed E-state index contributed by atoms with van der Waals surface area (Å²) in [6, 6.07) is 2.15. The molecule has 1 aliphatic rings. The van der Waals surface area contributed by atoms with Crippen LogP contribution in [0, 0.1) is 0 Å². The van der Waals surface area contributed by atoms with Crippen LogP contribution in [0.5, 0.6) is 0 Å². The molecule has 0 aromatic carbocycles. The van der Waals surface area contributed by atoms with E-state index in [1.165, 1.54) is 6.42 Å². The first-order chi connectivity index (χ1) is 8.24. The normalized spacial score (nSPS) is 15.6. The Hall–Kier alpha value is -0.290. The van der Waals surface area contributed by atoms with Crippen LogP contribution in [0.15, 0.2) is 21.4 Å². The zero-order valence-corrected chi connectivity index (χ0v) is 12.7. The maximum atomic E-state index is 12.4. The standard InChI is InChI=1S/C12H15Br2NO2/c13-6-2-7-15(9-3-1-4-9)12(16)10-5-8-17-11(10)14/h5,8-9H,1-4,6-7H2. The predicted octanol–water partition coefficient (Wildman–Crippen LogP) is 3.82. The molecule has 1 aliphatic carbocycles. The van der Waals surface area contributed by atoms with Gasteiger partial charge in [-0.2, -0.15) is 0 Å². The Morgan fingerprint density at radius 3 is 2.76 bits per heavy atom. The van der Waals surface area contributed by atoms with Gasteiger partial charge in [0.1, 0.15) is 0 Å². The third-order valence-corrected chi connectivity index (χ3v) is 4.33. The first-order valence-electron chi connectivity index (χ1n) is 5.84. The van der Waals surface area contributed by atoms with E-state index in [9.17, 15) is 4.79 Å². The molecule has 17 heavy (non-hydrogen) atoms. The van der Waals surface area contributed by atoms with Crippen molar-refractivity contribution in [3.63, 3.8) is 0 Å². The lowest BCUT2D eigenvalue weighted by atomic mass is 9.91. The van der Waals surface area contributed by atoms with E-state index in [2.05, 4.69) is 31.9 Å². The fraction of sp³-hybridized carbons (Fsp3) is 0.583. The van der Waals surface area contributed by atoms with Crippen LogP contribution < -0.4 is 0 Å². The number of hydrogen-bond donors (Lipinski definition) is 0. The number of hydrogen-bond acceptors (Lipinski definition) is 2. The Bertz CT molecular complexity index is 388. The molecule has 2 rings (SSSR count). The predicted molar refractivity (Wildman–Crippen MR) is 73.5 cm³/mol. The van der Waals surface area contributed by atoms with Gasteiger partial charge in [-0.1, -0.05) is 15.9 Å². The van der Waals surface area contributed by atoms with Crippen molar-refractivity contribution in [2.24, 2.45) is 0 Å². The van der Waals surface area contributed by atoms with Crippen LogP contribution in [0.2, 0.25) is 0 Å². The molecule has 1 heterocycles. The molecule has 0 saturated heterocycles. The second-order valence-electron chi connectivity index (χ2n) is 4.23. The maximum Gasteiger partial charge on any atom is 0.258 e. The van der Waals surface area contributed by atoms with Gasteiger partial charge in [0.05, 0.1) is 11.8 Å². The third-order valence-electron chi connectivity index (χ3n) is 3.16. The molecule has 0 atom stereocenters. The fourth-order valence-electron chi connectivity index (χ4n) is 1.98. The number of nitrogens with zero attached hydrogens (tertiary/aromatic N) is 1. The zero-order chi connectivity index (χ0) is 12.3. The Morgan fingerprint density at radius 2 is 2.29 bits per heavy atom. The Labute approximate surface area is 118 Å². The molecule has 1 aromatic rings. The first kappa shape index (κ1) is 13.1. The molecule has 94 valence electrons. The maximum absolute atomic E-state index is 12.4. The van der Waals surface area contributed by atoms with E-state index in [4.69, 9.17) is 4.42 Å². The molecular weight excluding hydrogens is 350 g/mol. The minimum Gasteiger partial charge on any atom is -0.457 e. The van der Waals surface area contributed by atoms with Crippen LogP contribution in [-0.4, -0.2) is 28.7 Å². The zero-order valence-electron chi connectivity index (χ0n) is 9.49. The van der Waals surface area contributed by atoms with Crippen molar-refractivity contribution in [1.29, 1.82) is 0 Å². The van der Waals surface area contributed by atoms with Crippen LogP contribution in [0.4, 0.5) is 0 Å². The molecule has 5 heteroatoms. The minimum atomic E-state index is 0.0799. The van der Waals surface area contributed by atoms with E-state index >= 15 is 0 Å². The largest absolute Gasteiger partial charge is 0.457 e. The highest BCUT2D eigenvalue weighted by Gasteiger charge is 2.30. The number of rotatable bonds is 5. The Balaban J connectivity index is 2.09.